The molecule has 1 aromatic heterocycles. The topological polar surface area (TPSA) is 64.0 Å². The average Bonchev–Trinajstić information content (AvgIpc) is 3.12. The van der Waals surface area contributed by atoms with E-state index in [2.05, 4.69) is 10.4 Å². The summed E-state index contributed by atoms with van der Waals surface area (Å²) in [6.45, 7) is 1.59. The van der Waals surface area contributed by atoms with E-state index in [1.54, 1.807) is 31.2 Å². The number of allylic oxidation sites excluding steroid dienone is 2. The molecule has 0 spiro atoms. The molecule has 30 heavy (non-hydrogen) atoms. The Morgan fingerprint density at radius 2 is 1.77 bits per heavy atom. The molecule has 4 rings (SSSR count). The van der Waals surface area contributed by atoms with Crippen LogP contribution in [-0.4, -0.2) is 23.4 Å². The Morgan fingerprint density at radius 3 is 2.37 bits per heavy atom. The third-order valence-corrected chi connectivity index (χ3v) is 8.43. The van der Waals surface area contributed by atoms with Crippen LogP contribution in [0.25, 0.3) is 0 Å². The molecule has 10 heteroatoms. The van der Waals surface area contributed by atoms with Crippen molar-refractivity contribution in [3.8, 4) is 0 Å². The lowest BCUT2D eigenvalue weighted by Gasteiger charge is -2.33. The van der Waals surface area contributed by atoms with Gasteiger partial charge in [-0.15, -0.1) is 0 Å². The van der Waals surface area contributed by atoms with Gasteiger partial charge in [0.05, 0.1) is 10.2 Å². The molecule has 1 aromatic carbocycles. The van der Waals surface area contributed by atoms with Crippen LogP contribution in [0.15, 0.2) is 40.9 Å². The van der Waals surface area contributed by atoms with Crippen LogP contribution >= 0.6 is 11.6 Å². The Kier molecular flexibility index (Phi) is 5.38. The van der Waals surface area contributed by atoms with Crippen molar-refractivity contribution in [1.29, 1.82) is 0 Å². The van der Waals surface area contributed by atoms with Gasteiger partial charge in [0.1, 0.15) is 11.9 Å². The molecule has 2 aliphatic rings. The van der Waals surface area contributed by atoms with Gasteiger partial charge >= 0.3 is 6.18 Å². The lowest BCUT2D eigenvalue weighted by molar-refractivity contribution is -0.141. The Morgan fingerprint density at radius 1 is 1.13 bits per heavy atom. The Bertz CT molecular complexity index is 1090. The molecule has 0 saturated heterocycles. The number of anilines is 1. The van der Waals surface area contributed by atoms with Crippen LogP contribution in [-0.2, 0) is 16.0 Å². The van der Waals surface area contributed by atoms with Crippen LogP contribution in [0.5, 0.6) is 0 Å². The van der Waals surface area contributed by atoms with Gasteiger partial charge in [0.2, 0.25) is 0 Å². The van der Waals surface area contributed by atoms with Crippen LogP contribution < -0.4 is 5.32 Å². The van der Waals surface area contributed by atoms with Gasteiger partial charge in [0, 0.05) is 16.8 Å². The summed E-state index contributed by atoms with van der Waals surface area (Å²) in [4.78, 5) is 0.0704. The predicted octanol–water partition coefficient (Wildman–Crippen LogP) is 5.55. The molecule has 0 amide bonds. The number of hydrogen-bond acceptors (Lipinski definition) is 4. The van der Waals surface area contributed by atoms with E-state index in [9.17, 15) is 21.6 Å². The quantitative estimate of drug-likeness (QED) is 0.653. The molecule has 1 aliphatic carbocycles. The number of halogens is 4. The van der Waals surface area contributed by atoms with Gasteiger partial charge in [-0.2, -0.15) is 18.3 Å². The molecule has 1 aliphatic heterocycles. The van der Waals surface area contributed by atoms with Crippen LogP contribution in [0.3, 0.4) is 0 Å². The number of nitrogens with one attached hydrogen (secondary N) is 1. The summed E-state index contributed by atoms with van der Waals surface area (Å²) in [7, 11) is -3.77. The minimum atomic E-state index is -4.65. The fourth-order valence-corrected chi connectivity index (χ4v) is 6.72. The highest BCUT2D eigenvalue weighted by Gasteiger charge is 2.43. The van der Waals surface area contributed by atoms with Gasteiger partial charge in [-0.25, -0.2) is 13.1 Å². The highest BCUT2D eigenvalue weighted by molar-refractivity contribution is 7.95. The second-order valence-corrected chi connectivity index (χ2v) is 10.4. The average molecular weight is 460 g/mol. The lowest BCUT2D eigenvalue weighted by atomic mass is 10.0. The molecule has 0 radical (unpaired) electrons. The van der Waals surface area contributed by atoms with E-state index >= 15 is 0 Å². The second kappa shape index (κ2) is 7.60. The monoisotopic (exact) mass is 459 g/mol. The molecule has 1 saturated carbocycles. The molecule has 1 N–H and O–H groups in total. The molecular formula is C20H21ClF3N3O2S. The zero-order chi connectivity index (χ0) is 21.7. The third kappa shape index (κ3) is 3.73. The Labute approximate surface area is 177 Å². The molecule has 1 unspecified atom stereocenters. The van der Waals surface area contributed by atoms with Gasteiger partial charge in [0.15, 0.2) is 15.5 Å². The van der Waals surface area contributed by atoms with E-state index in [4.69, 9.17) is 11.6 Å². The maximum Gasteiger partial charge on any atom is 0.435 e. The van der Waals surface area contributed by atoms with Crippen molar-refractivity contribution in [3.05, 3.63) is 57.2 Å². The largest absolute Gasteiger partial charge is 0.435 e. The van der Waals surface area contributed by atoms with E-state index in [0.717, 1.165) is 30.0 Å². The van der Waals surface area contributed by atoms with Crippen molar-refractivity contribution in [2.24, 2.45) is 0 Å². The minimum Gasteiger partial charge on any atom is -0.343 e. The highest BCUT2D eigenvalue weighted by atomic mass is 35.5. The van der Waals surface area contributed by atoms with E-state index in [-0.39, 0.29) is 10.7 Å². The van der Waals surface area contributed by atoms with Gasteiger partial charge in [0.25, 0.3) is 0 Å². The maximum atomic E-state index is 13.6. The molecule has 0 bridgehead atoms. The van der Waals surface area contributed by atoms with Crippen LogP contribution in [0.4, 0.5) is 19.0 Å². The fraction of sp³-hybridized carbons (Fsp3) is 0.450. The Hall–Kier alpha value is -2.00. The first kappa shape index (κ1) is 21.2. The van der Waals surface area contributed by atoms with Crippen LogP contribution in [0, 0.1) is 0 Å². The minimum absolute atomic E-state index is 0.0704. The summed E-state index contributed by atoms with van der Waals surface area (Å²) in [5.74, 6) is 0.0994. The highest BCUT2D eigenvalue weighted by Crippen LogP contribution is 2.43. The smallest absolute Gasteiger partial charge is 0.343 e. The van der Waals surface area contributed by atoms with E-state index < -0.39 is 33.0 Å². The number of benzene rings is 1. The van der Waals surface area contributed by atoms with Gasteiger partial charge < -0.3 is 5.32 Å². The fourth-order valence-electron chi connectivity index (χ4n) is 4.25. The zero-order valence-electron chi connectivity index (χ0n) is 16.2. The van der Waals surface area contributed by atoms with E-state index in [0.29, 0.717) is 29.1 Å². The van der Waals surface area contributed by atoms with Crippen molar-refractivity contribution in [3.63, 3.8) is 0 Å². The number of hydrogen-bond donors (Lipinski definition) is 1. The van der Waals surface area contributed by atoms with Crippen molar-refractivity contribution in [2.75, 3.05) is 5.32 Å². The van der Waals surface area contributed by atoms with Crippen LogP contribution in [0.1, 0.15) is 56.3 Å². The molecular weight excluding hydrogens is 439 g/mol. The number of aromatic nitrogens is 2. The van der Waals surface area contributed by atoms with Crippen molar-refractivity contribution in [1.82, 2.24) is 9.78 Å². The number of alkyl halides is 3. The summed E-state index contributed by atoms with van der Waals surface area (Å²) < 4.78 is 68.3. The first-order valence-corrected chi connectivity index (χ1v) is 11.7. The van der Waals surface area contributed by atoms with E-state index in [1.165, 1.54) is 0 Å². The number of nitrogens with zero attached hydrogens (tertiary/aromatic N) is 2. The molecule has 2 aromatic rings. The SMILES string of the molecule is CC1=C(S(=O)(=O)C2CCCCC2)C(c2ccc(Cl)cc2)n2nc(C(F)(F)F)cc2N1. The molecule has 1 atom stereocenters. The van der Waals surface area contributed by atoms with Gasteiger partial charge in [-0.1, -0.05) is 43.0 Å². The first-order chi connectivity index (χ1) is 14.1. The van der Waals surface area contributed by atoms with Gasteiger partial charge in [-0.05, 0) is 37.5 Å². The summed E-state index contributed by atoms with van der Waals surface area (Å²) >= 11 is 5.98. The third-order valence-electron chi connectivity index (χ3n) is 5.69. The normalized spacial score (nSPS) is 20.8. The molecule has 5 nitrogen and oxygen atoms in total. The molecule has 2 heterocycles. The lowest BCUT2D eigenvalue weighted by Crippen LogP contribution is -2.34. The second-order valence-electron chi connectivity index (χ2n) is 7.73. The summed E-state index contributed by atoms with van der Waals surface area (Å²) in [5, 5.41) is 6.47. The summed E-state index contributed by atoms with van der Waals surface area (Å²) in [6.07, 6.45) is -0.923. The molecule has 1 fully saturated rings. The van der Waals surface area contributed by atoms with Crippen molar-refractivity contribution < 1.29 is 21.6 Å². The molecule has 162 valence electrons. The van der Waals surface area contributed by atoms with Crippen LogP contribution in [0.2, 0.25) is 5.02 Å². The number of sulfone groups is 1. The van der Waals surface area contributed by atoms with Crippen molar-refractivity contribution in [2.45, 2.75) is 56.5 Å². The number of fused-ring (bicyclic) bond motifs is 1. The predicted molar refractivity (Wildman–Crippen MR) is 109 cm³/mol. The standard InChI is InChI=1S/C20H21ClF3N3O2S/c1-12-19(30(28,29)15-5-3-2-4-6-15)18(13-7-9-14(21)10-8-13)27-17(25-12)11-16(26-27)20(22,23)24/h7-11,15,18,25H,2-6H2,1H3. The van der Waals surface area contributed by atoms with Crippen molar-refractivity contribution >= 4 is 27.3 Å². The number of rotatable bonds is 3. The summed E-state index contributed by atoms with van der Waals surface area (Å²) in [6, 6.07) is 6.33. The van der Waals surface area contributed by atoms with Gasteiger partial charge in [-0.3, -0.25) is 0 Å². The first-order valence-electron chi connectivity index (χ1n) is 9.73. The summed E-state index contributed by atoms with van der Waals surface area (Å²) in [5.41, 5.74) is -0.248. The Balaban J connectivity index is 1.89. The van der Waals surface area contributed by atoms with E-state index in [1.807, 2.05) is 0 Å². The zero-order valence-corrected chi connectivity index (χ0v) is 17.8. The maximum absolute atomic E-state index is 13.6.